The average Bonchev–Trinajstić information content (AvgIpc) is 3.83. The first-order chi connectivity index (χ1) is 20.8. The molecule has 3 rings (SSSR count). The molecule has 0 aliphatic heterocycles. The summed E-state index contributed by atoms with van der Waals surface area (Å²) < 4.78 is 44.5. The van der Waals surface area contributed by atoms with E-state index in [1.807, 2.05) is 24.3 Å². The molecule has 1 aliphatic rings. The Balaban J connectivity index is 1.85. The van der Waals surface area contributed by atoms with Crippen molar-refractivity contribution in [2.24, 2.45) is 0 Å². The summed E-state index contributed by atoms with van der Waals surface area (Å²) >= 11 is 8.34. The molecule has 1 fully saturated rings. The van der Waals surface area contributed by atoms with Crippen LogP contribution in [0, 0.1) is 0 Å². The van der Waals surface area contributed by atoms with Gasteiger partial charge in [-0.15, -0.1) is 0 Å². The molecule has 0 spiro atoms. The summed E-state index contributed by atoms with van der Waals surface area (Å²) in [6.07, 6.45) is 1.34. The van der Waals surface area contributed by atoms with Crippen LogP contribution >= 0.6 is 31.2 Å². The van der Waals surface area contributed by atoms with Crippen molar-refractivity contribution >= 4 is 37.3 Å². The van der Waals surface area contributed by atoms with Crippen molar-refractivity contribution in [3.63, 3.8) is 0 Å². The van der Waals surface area contributed by atoms with E-state index in [0.29, 0.717) is 17.4 Å². The molecule has 1 aliphatic carbocycles. The third-order valence-electron chi connectivity index (χ3n) is 7.14. The van der Waals surface area contributed by atoms with E-state index < -0.39 is 31.2 Å². The zero-order valence-corrected chi connectivity index (χ0v) is 29.0. The summed E-state index contributed by atoms with van der Waals surface area (Å²) in [5.41, 5.74) is -0.112. The van der Waals surface area contributed by atoms with Crippen LogP contribution in [0.15, 0.2) is 46.2 Å². The number of carbonyl (C=O) groups is 1. The lowest BCUT2D eigenvalue weighted by Crippen LogP contribution is -2.60. The summed E-state index contributed by atoms with van der Waals surface area (Å²) in [6.45, 7) is 6.75. The summed E-state index contributed by atoms with van der Waals surface area (Å²) in [5.74, 6) is 1.33. The largest absolute Gasteiger partial charge is 0.474 e. The fourth-order valence-electron chi connectivity index (χ4n) is 4.58. The summed E-state index contributed by atoms with van der Waals surface area (Å²) in [5, 5.41) is 14.5. The molecule has 2 aromatic carbocycles. The van der Waals surface area contributed by atoms with Gasteiger partial charge in [0.2, 0.25) is 0 Å². The lowest BCUT2D eigenvalue weighted by Gasteiger charge is -2.39. The van der Waals surface area contributed by atoms with Gasteiger partial charge in [-0.25, -0.2) is 9.36 Å². The van der Waals surface area contributed by atoms with Crippen LogP contribution in [0.5, 0.6) is 5.75 Å². The maximum absolute atomic E-state index is 12.9. The second-order valence-corrected chi connectivity index (χ2v) is 15.1. The van der Waals surface area contributed by atoms with Crippen molar-refractivity contribution in [2.75, 3.05) is 34.7 Å². The molecule has 1 amide bonds. The summed E-state index contributed by atoms with van der Waals surface area (Å²) in [6, 6.07) is 12.0. The maximum Gasteiger partial charge on any atom is 0.474 e. The van der Waals surface area contributed by atoms with Gasteiger partial charge in [-0.1, -0.05) is 42.4 Å². The predicted molar refractivity (Wildman–Crippen MR) is 171 cm³/mol. The van der Waals surface area contributed by atoms with Gasteiger partial charge in [0.1, 0.15) is 11.4 Å². The van der Waals surface area contributed by atoms with Crippen molar-refractivity contribution in [1.82, 2.24) is 5.32 Å². The molecule has 0 aromatic heterocycles. The number of phosphoric ester groups is 1. The molecule has 1 saturated carbocycles. The first kappa shape index (κ1) is 36.6. The van der Waals surface area contributed by atoms with Gasteiger partial charge < -0.3 is 24.6 Å². The minimum absolute atomic E-state index is 0.145. The van der Waals surface area contributed by atoms with Gasteiger partial charge in [0, 0.05) is 31.2 Å². The smallest absolute Gasteiger partial charge is 0.466 e. The SMILES string of the molecule is CCC(O)[C@@](CCc1ccc(Sc2cc(C3CC3)ccc2OCOC)cc1Cl)(COP(=O)(OC)OC)NC(=O)OC(C)(C)C. The van der Waals surface area contributed by atoms with Crippen molar-refractivity contribution in [3.05, 3.63) is 52.5 Å². The third kappa shape index (κ3) is 10.6. The van der Waals surface area contributed by atoms with Gasteiger partial charge in [-0.2, -0.15) is 0 Å². The number of amides is 1. The molecular weight excluding hydrogens is 629 g/mol. The number of methoxy groups -OCH3 is 1. The van der Waals surface area contributed by atoms with E-state index >= 15 is 0 Å². The van der Waals surface area contributed by atoms with Crippen molar-refractivity contribution in [2.45, 2.75) is 92.8 Å². The average molecular weight is 674 g/mol. The monoisotopic (exact) mass is 673 g/mol. The minimum Gasteiger partial charge on any atom is -0.466 e. The van der Waals surface area contributed by atoms with E-state index in [2.05, 4.69) is 17.4 Å². The molecule has 0 radical (unpaired) electrons. The number of phosphoric acid groups is 1. The van der Waals surface area contributed by atoms with E-state index in [9.17, 15) is 14.5 Å². The molecule has 1 unspecified atom stereocenters. The molecule has 44 heavy (non-hydrogen) atoms. The first-order valence-electron chi connectivity index (χ1n) is 14.5. The topological polar surface area (TPSA) is 122 Å². The second-order valence-electron chi connectivity index (χ2n) is 11.7. The molecule has 0 saturated heterocycles. The van der Waals surface area contributed by atoms with Gasteiger partial charge in [0.05, 0.1) is 23.1 Å². The number of nitrogens with one attached hydrogen (secondary N) is 1. The van der Waals surface area contributed by atoms with Crippen LogP contribution in [0.25, 0.3) is 0 Å². The molecule has 0 bridgehead atoms. The van der Waals surface area contributed by atoms with E-state index in [1.54, 1.807) is 46.6 Å². The predicted octanol–water partition coefficient (Wildman–Crippen LogP) is 7.74. The normalized spacial score (nSPS) is 15.8. The van der Waals surface area contributed by atoms with Crippen LogP contribution in [0.3, 0.4) is 0 Å². The zero-order chi connectivity index (χ0) is 32.5. The molecule has 10 nitrogen and oxygen atoms in total. The molecule has 2 aromatic rings. The Kier molecular flexibility index (Phi) is 13.4. The number of aryl methyl sites for hydroxylation is 1. The van der Waals surface area contributed by atoms with Crippen molar-refractivity contribution in [3.8, 4) is 5.75 Å². The highest BCUT2D eigenvalue weighted by molar-refractivity contribution is 7.99. The Bertz CT molecular complexity index is 1300. The highest BCUT2D eigenvalue weighted by atomic mass is 35.5. The number of benzene rings is 2. The number of hydrogen-bond donors (Lipinski definition) is 2. The maximum atomic E-state index is 12.9. The van der Waals surface area contributed by atoms with Crippen LogP contribution in [-0.4, -0.2) is 63.2 Å². The van der Waals surface area contributed by atoms with Crippen LogP contribution in [0.4, 0.5) is 4.79 Å². The fourth-order valence-corrected chi connectivity index (χ4v) is 6.66. The number of hydrogen-bond acceptors (Lipinski definition) is 10. The molecule has 2 atom stereocenters. The first-order valence-corrected chi connectivity index (χ1v) is 17.2. The van der Waals surface area contributed by atoms with Crippen LogP contribution in [0.2, 0.25) is 5.02 Å². The Morgan fingerprint density at radius 2 is 1.84 bits per heavy atom. The fraction of sp³-hybridized carbons (Fsp3) is 0.581. The lowest BCUT2D eigenvalue weighted by molar-refractivity contribution is -0.00779. The number of carbonyl (C=O) groups excluding carboxylic acids is 1. The Morgan fingerprint density at radius 3 is 2.41 bits per heavy atom. The van der Waals surface area contributed by atoms with Crippen molar-refractivity contribution < 1.29 is 42.2 Å². The van der Waals surface area contributed by atoms with Crippen LogP contribution < -0.4 is 10.1 Å². The van der Waals surface area contributed by atoms with Crippen LogP contribution in [-0.2, 0) is 34.0 Å². The number of rotatable bonds is 17. The number of halogens is 1. The Morgan fingerprint density at radius 1 is 1.14 bits per heavy atom. The Hall–Kier alpha value is -1.82. The highest BCUT2D eigenvalue weighted by Gasteiger charge is 2.42. The summed E-state index contributed by atoms with van der Waals surface area (Å²) in [7, 11) is 0.0437. The standard InChI is InChI=1S/C31H45ClNO9PS/c1-8-28(34)31(19-41-43(36,38-6)39-7,33-29(35)42-30(2,3)4)16-15-22-11-13-24(18-25(22)32)44-27-17-23(21-9-10-21)12-14-26(27)40-20-37-5/h11-14,17-18,21,28,34H,8-10,15-16,19-20H2,1-7H3,(H,33,35)/t28?,31-/m1/s1. The van der Waals surface area contributed by atoms with Gasteiger partial charge in [-0.3, -0.25) is 13.6 Å². The third-order valence-corrected chi connectivity index (χ3v) is 9.86. The van der Waals surface area contributed by atoms with Gasteiger partial charge in [0.25, 0.3) is 0 Å². The van der Waals surface area contributed by atoms with Gasteiger partial charge >= 0.3 is 13.9 Å². The quantitative estimate of drug-likeness (QED) is 0.127. The Labute approximate surface area is 270 Å². The molecule has 2 N–H and O–H groups in total. The number of aliphatic hydroxyl groups excluding tert-OH is 1. The van der Waals surface area contributed by atoms with Crippen molar-refractivity contribution in [1.29, 1.82) is 0 Å². The van der Waals surface area contributed by atoms with Gasteiger partial charge in [-0.05, 0) is 94.2 Å². The van der Waals surface area contributed by atoms with Gasteiger partial charge in [0.15, 0.2) is 6.79 Å². The zero-order valence-electron chi connectivity index (χ0n) is 26.5. The minimum atomic E-state index is -3.92. The molecule has 0 heterocycles. The van der Waals surface area contributed by atoms with E-state index in [4.69, 9.17) is 39.4 Å². The second kappa shape index (κ2) is 16.1. The van der Waals surface area contributed by atoms with E-state index in [-0.39, 0.29) is 26.2 Å². The number of ether oxygens (including phenoxy) is 3. The number of aliphatic hydroxyl groups is 1. The lowest BCUT2D eigenvalue weighted by atomic mass is 9.85. The highest BCUT2D eigenvalue weighted by Crippen LogP contribution is 2.49. The van der Waals surface area contributed by atoms with E-state index in [1.165, 1.54) is 32.6 Å². The number of alkyl carbamates (subject to hydrolysis) is 1. The molecular formula is C31H45ClNO9PS. The van der Waals surface area contributed by atoms with E-state index in [0.717, 1.165) is 21.1 Å². The molecule has 13 heteroatoms. The molecule has 246 valence electrons. The summed E-state index contributed by atoms with van der Waals surface area (Å²) in [4.78, 5) is 14.8. The van der Waals surface area contributed by atoms with Crippen LogP contribution in [0.1, 0.15) is 70.4 Å².